The fraction of sp³-hybridized carbons (Fsp3) is 0.529. The molecule has 0 aromatic heterocycles. The molecule has 2 rings (SSSR count). The molecule has 0 radical (unpaired) electrons. The Hall–Kier alpha value is -2.28. The second kappa shape index (κ2) is 8.01. The van der Waals surface area contributed by atoms with E-state index in [2.05, 4.69) is 5.32 Å². The Bertz CT molecular complexity index is 597. The third kappa shape index (κ3) is 4.17. The van der Waals surface area contributed by atoms with E-state index in [0.29, 0.717) is 30.3 Å². The second-order valence-corrected chi connectivity index (χ2v) is 5.95. The number of carbonyl (C=O) groups is 2. The van der Waals surface area contributed by atoms with Gasteiger partial charge in [-0.2, -0.15) is 0 Å². The quantitative estimate of drug-likeness (QED) is 0.780. The molecule has 2 N–H and O–H groups in total. The van der Waals surface area contributed by atoms with E-state index in [1.165, 1.54) is 4.90 Å². The van der Waals surface area contributed by atoms with Crippen LogP contribution < -0.4 is 19.7 Å². The molecule has 0 saturated carbocycles. The van der Waals surface area contributed by atoms with E-state index >= 15 is 0 Å². The summed E-state index contributed by atoms with van der Waals surface area (Å²) in [7, 11) is 3.13. The van der Waals surface area contributed by atoms with E-state index in [1.807, 2.05) is 11.8 Å². The average molecular weight is 336 g/mol. The number of piperazine rings is 1. The predicted octanol–water partition coefficient (Wildman–Crippen LogP) is -0.222. The van der Waals surface area contributed by atoms with Crippen LogP contribution in [0.3, 0.4) is 0 Å². The largest absolute Gasteiger partial charge is 0.493 e. The van der Waals surface area contributed by atoms with Gasteiger partial charge >= 0.3 is 0 Å². The van der Waals surface area contributed by atoms with E-state index in [1.54, 1.807) is 39.3 Å². The molecular formula is C17H26N3O4+. The number of benzene rings is 1. The Morgan fingerprint density at radius 3 is 2.33 bits per heavy atom. The monoisotopic (exact) mass is 336 g/mol. The van der Waals surface area contributed by atoms with E-state index in [4.69, 9.17) is 9.47 Å². The summed E-state index contributed by atoms with van der Waals surface area (Å²) in [5.41, 5.74) is 0.672. The first-order valence-electron chi connectivity index (χ1n) is 8.09. The third-order valence-electron chi connectivity index (χ3n) is 4.51. The summed E-state index contributed by atoms with van der Waals surface area (Å²) in [6.07, 6.45) is 0. The first-order valence-corrected chi connectivity index (χ1v) is 8.09. The molecule has 0 bridgehead atoms. The van der Waals surface area contributed by atoms with Gasteiger partial charge in [0.2, 0.25) is 5.91 Å². The Morgan fingerprint density at radius 2 is 1.79 bits per heavy atom. The molecule has 1 atom stereocenters. The number of hydrogen-bond acceptors (Lipinski definition) is 4. The Morgan fingerprint density at radius 1 is 1.17 bits per heavy atom. The second-order valence-electron chi connectivity index (χ2n) is 5.95. The highest BCUT2D eigenvalue weighted by molar-refractivity contribution is 5.94. The van der Waals surface area contributed by atoms with Gasteiger partial charge in [-0.1, -0.05) is 0 Å². The lowest BCUT2D eigenvalue weighted by Gasteiger charge is -2.34. The number of nitrogens with zero attached hydrogens (tertiary/aromatic N) is 1. The minimum absolute atomic E-state index is 0.0477. The number of ether oxygens (including phenoxy) is 2. The van der Waals surface area contributed by atoms with Crippen LogP contribution in [0.25, 0.3) is 0 Å². The van der Waals surface area contributed by atoms with Crippen molar-refractivity contribution >= 4 is 17.5 Å². The maximum atomic E-state index is 12.5. The van der Waals surface area contributed by atoms with E-state index < -0.39 is 0 Å². The highest BCUT2D eigenvalue weighted by Crippen LogP contribution is 2.29. The summed E-state index contributed by atoms with van der Waals surface area (Å²) >= 11 is 0. The maximum absolute atomic E-state index is 12.5. The van der Waals surface area contributed by atoms with Gasteiger partial charge in [0.1, 0.15) is 0 Å². The van der Waals surface area contributed by atoms with E-state index in [-0.39, 0.29) is 17.9 Å². The molecule has 2 amide bonds. The first kappa shape index (κ1) is 18.1. The van der Waals surface area contributed by atoms with Crippen LogP contribution in [0, 0.1) is 0 Å². The Kier molecular flexibility index (Phi) is 6.03. The van der Waals surface area contributed by atoms with Crippen molar-refractivity contribution in [2.45, 2.75) is 19.9 Å². The van der Waals surface area contributed by atoms with Crippen molar-refractivity contribution in [2.75, 3.05) is 45.7 Å². The zero-order valence-electron chi connectivity index (χ0n) is 14.7. The normalized spacial score (nSPS) is 16.4. The number of rotatable bonds is 5. The molecule has 132 valence electrons. The van der Waals surface area contributed by atoms with Crippen LogP contribution in [-0.2, 0) is 9.59 Å². The molecule has 1 fully saturated rings. The van der Waals surface area contributed by atoms with Crippen molar-refractivity contribution < 1.29 is 24.0 Å². The molecule has 0 unspecified atom stereocenters. The van der Waals surface area contributed by atoms with Crippen molar-refractivity contribution in [3.8, 4) is 11.5 Å². The molecule has 1 saturated heterocycles. The van der Waals surface area contributed by atoms with E-state index in [0.717, 1.165) is 13.1 Å². The lowest BCUT2D eigenvalue weighted by Crippen LogP contribution is -3.19. The van der Waals surface area contributed by atoms with Crippen molar-refractivity contribution in [2.24, 2.45) is 0 Å². The molecule has 0 spiro atoms. The molecule has 1 aromatic rings. The van der Waals surface area contributed by atoms with Gasteiger partial charge in [0.25, 0.3) is 5.91 Å². The number of hydrogen-bond donors (Lipinski definition) is 2. The van der Waals surface area contributed by atoms with Gasteiger partial charge in [0.15, 0.2) is 17.5 Å². The van der Waals surface area contributed by atoms with Gasteiger partial charge in [-0.05, 0) is 19.1 Å². The lowest BCUT2D eigenvalue weighted by molar-refractivity contribution is -0.917. The average Bonchev–Trinajstić information content (AvgIpc) is 2.60. The van der Waals surface area contributed by atoms with Crippen LogP contribution in [0.5, 0.6) is 11.5 Å². The number of amides is 2. The van der Waals surface area contributed by atoms with Gasteiger partial charge in [-0.25, -0.2) is 0 Å². The van der Waals surface area contributed by atoms with Crippen LogP contribution in [0.4, 0.5) is 5.69 Å². The van der Waals surface area contributed by atoms with Crippen molar-refractivity contribution in [3.05, 3.63) is 18.2 Å². The standard InChI is InChI=1S/C17H25N3O4/c1-12(19-7-9-20(10-8-19)13(2)21)17(22)18-14-5-6-15(23-3)16(11-14)24-4/h5-6,11-12H,7-10H2,1-4H3,(H,18,22)/p+1/t12-/m1/s1. The molecular weight excluding hydrogens is 310 g/mol. The predicted molar refractivity (Wildman–Crippen MR) is 90.6 cm³/mol. The minimum atomic E-state index is -0.188. The SMILES string of the molecule is COc1ccc(NC(=O)[C@@H](C)[NH+]2CCN(C(C)=O)CC2)cc1OC. The molecule has 24 heavy (non-hydrogen) atoms. The number of methoxy groups -OCH3 is 2. The highest BCUT2D eigenvalue weighted by Gasteiger charge is 2.30. The fourth-order valence-corrected chi connectivity index (χ4v) is 2.89. The molecule has 1 aliphatic heterocycles. The van der Waals surface area contributed by atoms with Crippen LogP contribution in [0.2, 0.25) is 0 Å². The van der Waals surface area contributed by atoms with Gasteiger partial charge in [0, 0.05) is 18.7 Å². The molecule has 7 nitrogen and oxygen atoms in total. The summed E-state index contributed by atoms with van der Waals surface area (Å²) < 4.78 is 10.4. The first-order chi connectivity index (χ1) is 11.5. The summed E-state index contributed by atoms with van der Waals surface area (Å²) in [6, 6.07) is 5.10. The summed E-state index contributed by atoms with van der Waals surface area (Å²) in [4.78, 5) is 26.9. The van der Waals surface area contributed by atoms with Crippen LogP contribution in [0.1, 0.15) is 13.8 Å². The van der Waals surface area contributed by atoms with Crippen molar-refractivity contribution in [1.29, 1.82) is 0 Å². The summed E-state index contributed by atoms with van der Waals surface area (Å²) in [5, 5.41) is 2.92. The molecule has 0 aliphatic carbocycles. The lowest BCUT2D eigenvalue weighted by atomic mass is 10.2. The van der Waals surface area contributed by atoms with Crippen molar-refractivity contribution in [1.82, 2.24) is 4.90 Å². The fourth-order valence-electron chi connectivity index (χ4n) is 2.89. The van der Waals surface area contributed by atoms with Crippen LogP contribution >= 0.6 is 0 Å². The topological polar surface area (TPSA) is 72.3 Å². The number of carbonyl (C=O) groups excluding carboxylic acids is 2. The summed E-state index contributed by atoms with van der Waals surface area (Å²) in [6.45, 7) is 6.44. The van der Waals surface area contributed by atoms with Gasteiger partial charge < -0.3 is 24.6 Å². The van der Waals surface area contributed by atoms with Crippen LogP contribution in [0.15, 0.2) is 18.2 Å². The zero-order valence-corrected chi connectivity index (χ0v) is 14.7. The number of nitrogens with one attached hydrogen (secondary N) is 2. The Balaban J connectivity index is 1.96. The zero-order chi connectivity index (χ0) is 17.7. The number of quaternary nitrogens is 1. The summed E-state index contributed by atoms with van der Waals surface area (Å²) in [5.74, 6) is 1.24. The van der Waals surface area contributed by atoms with Gasteiger partial charge in [-0.15, -0.1) is 0 Å². The molecule has 7 heteroatoms. The van der Waals surface area contributed by atoms with Gasteiger partial charge in [-0.3, -0.25) is 9.59 Å². The van der Waals surface area contributed by atoms with Crippen molar-refractivity contribution in [3.63, 3.8) is 0 Å². The smallest absolute Gasteiger partial charge is 0.282 e. The van der Waals surface area contributed by atoms with Gasteiger partial charge in [0.05, 0.1) is 40.4 Å². The molecule has 1 heterocycles. The van der Waals surface area contributed by atoms with Crippen LogP contribution in [-0.4, -0.2) is 63.2 Å². The van der Waals surface area contributed by atoms with E-state index in [9.17, 15) is 9.59 Å². The maximum Gasteiger partial charge on any atom is 0.282 e. The third-order valence-corrected chi connectivity index (χ3v) is 4.51. The molecule has 1 aromatic carbocycles. The molecule has 1 aliphatic rings. The highest BCUT2D eigenvalue weighted by atomic mass is 16.5. The minimum Gasteiger partial charge on any atom is -0.493 e. The Labute approximate surface area is 142 Å². The number of anilines is 1.